The fourth-order valence-corrected chi connectivity index (χ4v) is 3.78. The zero-order valence-electron chi connectivity index (χ0n) is 12.3. The summed E-state index contributed by atoms with van der Waals surface area (Å²) in [6.45, 7) is 1.36. The van der Waals surface area contributed by atoms with Gasteiger partial charge < -0.3 is 10.6 Å². The number of piperidine rings is 1. The van der Waals surface area contributed by atoms with E-state index in [4.69, 9.17) is 5.73 Å². The number of aromatic amines is 1. The quantitative estimate of drug-likeness (QED) is 0.809. The molecule has 2 aromatic heterocycles. The topological polar surface area (TPSA) is 97.0 Å². The maximum Gasteiger partial charge on any atom is 0.330 e. The van der Waals surface area contributed by atoms with Crippen molar-refractivity contribution in [3.05, 3.63) is 32.7 Å². The van der Waals surface area contributed by atoms with Gasteiger partial charge in [-0.05, 0) is 30.7 Å². The standard InChI is InChI=1S/C15H16FN5O2/c16-10-3-7-12(21(6-1-2-6)15(23)19-14(7)22)18-13(10)20-4-8-9(5-20)11(8)17/h3,6,8-9,11H,1-2,4-5,17H2,(H,19,22,23). The summed E-state index contributed by atoms with van der Waals surface area (Å²) in [5, 5.41) is 0.124. The Labute approximate surface area is 129 Å². The average Bonchev–Trinajstić information content (AvgIpc) is 3.38. The number of nitrogens with one attached hydrogen (secondary N) is 1. The molecule has 23 heavy (non-hydrogen) atoms. The van der Waals surface area contributed by atoms with Gasteiger partial charge in [0, 0.05) is 25.2 Å². The summed E-state index contributed by atoms with van der Waals surface area (Å²) >= 11 is 0. The van der Waals surface area contributed by atoms with Crippen LogP contribution in [0.2, 0.25) is 0 Å². The van der Waals surface area contributed by atoms with Crippen LogP contribution in [-0.2, 0) is 0 Å². The predicted molar refractivity (Wildman–Crippen MR) is 82.0 cm³/mol. The van der Waals surface area contributed by atoms with E-state index in [9.17, 15) is 14.0 Å². The molecule has 120 valence electrons. The van der Waals surface area contributed by atoms with Crippen molar-refractivity contribution in [2.75, 3.05) is 18.0 Å². The highest BCUT2D eigenvalue weighted by atomic mass is 19.1. The third-order valence-electron chi connectivity index (χ3n) is 5.32. The molecule has 2 aromatic rings. The van der Waals surface area contributed by atoms with Gasteiger partial charge in [-0.3, -0.25) is 14.3 Å². The number of nitrogens with two attached hydrogens (primary N) is 1. The van der Waals surface area contributed by atoms with Crippen molar-refractivity contribution in [2.24, 2.45) is 17.6 Å². The molecule has 0 aromatic carbocycles. The normalized spacial score (nSPS) is 29.1. The molecule has 3 N–H and O–H groups in total. The lowest BCUT2D eigenvalue weighted by molar-refractivity contribution is 0.606. The number of anilines is 1. The smallest absolute Gasteiger partial charge is 0.330 e. The Hall–Kier alpha value is -2.22. The molecule has 0 amide bonds. The highest BCUT2D eigenvalue weighted by Crippen LogP contribution is 2.45. The molecule has 2 atom stereocenters. The molecule has 8 heteroatoms. The first kappa shape index (κ1) is 13.2. The first-order chi connectivity index (χ1) is 11.0. The Bertz CT molecular complexity index is 935. The molecule has 1 saturated heterocycles. The number of halogens is 1. The zero-order chi connectivity index (χ0) is 15.9. The van der Waals surface area contributed by atoms with Gasteiger partial charge >= 0.3 is 5.69 Å². The lowest BCUT2D eigenvalue weighted by Crippen LogP contribution is -2.32. The van der Waals surface area contributed by atoms with Gasteiger partial charge in [-0.1, -0.05) is 0 Å². The molecule has 7 nitrogen and oxygen atoms in total. The Morgan fingerprint density at radius 3 is 2.61 bits per heavy atom. The van der Waals surface area contributed by atoms with Gasteiger partial charge in [0.25, 0.3) is 5.56 Å². The molecule has 3 aliphatic rings. The number of hydrogen-bond donors (Lipinski definition) is 2. The van der Waals surface area contributed by atoms with E-state index in [-0.39, 0.29) is 28.9 Å². The molecule has 2 saturated carbocycles. The number of H-pyrrole nitrogens is 1. The van der Waals surface area contributed by atoms with Crippen LogP contribution in [0.1, 0.15) is 18.9 Å². The van der Waals surface area contributed by atoms with Crippen LogP contribution in [0.15, 0.2) is 15.7 Å². The maximum atomic E-state index is 14.5. The highest BCUT2D eigenvalue weighted by Gasteiger charge is 2.54. The van der Waals surface area contributed by atoms with Gasteiger partial charge in [-0.25, -0.2) is 14.2 Å². The lowest BCUT2D eigenvalue weighted by atomic mass is 10.3. The van der Waals surface area contributed by atoms with Gasteiger partial charge in [-0.15, -0.1) is 0 Å². The second-order valence-corrected chi connectivity index (χ2v) is 6.84. The van der Waals surface area contributed by atoms with Crippen LogP contribution in [0.3, 0.4) is 0 Å². The lowest BCUT2D eigenvalue weighted by Gasteiger charge is -2.21. The van der Waals surface area contributed by atoms with Gasteiger partial charge in [0.05, 0.1) is 5.39 Å². The molecule has 3 heterocycles. The Morgan fingerprint density at radius 2 is 1.96 bits per heavy atom. The third kappa shape index (κ3) is 1.81. The van der Waals surface area contributed by atoms with Crippen molar-refractivity contribution in [1.29, 1.82) is 0 Å². The van der Waals surface area contributed by atoms with Crippen molar-refractivity contribution in [1.82, 2.24) is 14.5 Å². The minimum Gasteiger partial charge on any atom is -0.353 e. The van der Waals surface area contributed by atoms with Crippen LogP contribution in [0.25, 0.3) is 11.0 Å². The number of hydrogen-bond acceptors (Lipinski definition) is 5. The van der Waals surface area contributed by atoms with E-state index in [0.29, 0.717) is 24.9 Å². The first-order valence-corrected chi connectivity index (χ1v) is 7.90. The zero-order valence-corrected chi connectivity index (χ0v) is 12.3. The molecule has 3 fully saturated rings. The van der Waals surface area contributed by atoms with Crippen LogP contribution in [0.5, 0.6) is 0 Å². The molecular weight excluding hydrogens is 301 g/mol. The number of aromatic nitrogens is 3. The van der Waals surface area contributed by atoms with Crippen LogP contribution >= 0.6 is 0 Å². The van der Waals surface area contributed by atoms with Gasteiger partial charge in [-0.2, -0.15) is 0 Å². The van der Waals surface area contributed by atoms with E-state index >= 15 is 0 Å². The highest BCUT2D eigenvalue weighted by molar-refractivity contribution is 5.76. The largest absolute Gasteiger partial charge is 0.353 e. The van der Waals surface area contributed by atoms with E-state index in [1.54, 1.807) is 0 Å². The number of nitrogens with zero attached hydrogens (tertiary/aromatic N) is 3. The van der Waals surface area contributed by atoms with E-state index in [1.165, 1.54) is 10.6 Å². The average molecular weight is 317 g/mol. The molecule has 1 aliphatic heterocycles. The molecule has 5 rings (SSSR count). The van der Waals surface area contributed by atoms with Crippen molar-refractivity contribution >= 4 is 16.9 Å². The van der Waals surface area contributed by atoms with E-state index in [2.05, 4.69) is 9.97 Å². The summed E-state index contributed by atoms with van der Waals surface area (Å²) in [6.07, 6.45) is 1.75. The van der Waals surface area contributed by atoms with Crippen LogP contribution in [0.4, 0.5) is 10.2 Å². The molecule has 2 unspecified atom stereocenters. The molecule has 0 spiro atoms. The van der Waals surface area contributed by atoms with E-state index in [1.807, 2.05) is 4.90 Å². The molecule has 0 bridgehead atoms. The summed E-state index contributed by atoms with van der Waals surface area (Å²) in [5.74, 6) is 0.489. The third-order valence-corrected chi connectivity index (χ3v) is 5.32. The molecular formula is C15H16FN5O2. The van der Waals surface area contributed by atoms with Crippen molar-refractivity contribution in [3.63, 3.8) is 0 Å². The summed E-state index contributed by atoms with van der Waals surface area (Å²) in [7, 11) is 0. The monoisotopic (exact) mass is 317 g/mol. The molecule has 2 aliphatic carbocycles. The molecule has 0 radical (unpaired) electrons. The number of pyridine rings is 1. The summed E-state index contributed by atoms with van der Waals surface area (Å²) in [6, 6.07) is 1.45. The number of rotatable bonds is 2. The first-order valence-electron chi connectivity index (χ1n) is 7.90. The van der Waals surface area contributed by atoms with Crippen molar-refractivity contribution < 1.29 is 4.39 Å². The number of fused-ring (bicyclic) bond motifs is 2. The minimum absolute atomic E-state index is 0.0491. The van der Waals surface area contributed by atoms with Crippen LogP contribution < -0.4 is 21.9 Å². The van der Waals surface area contributed by atoms with Crippen molar-refractivity contribution in [2.45, 2.75) is 24.9 Å². The Morgan fingerprint density at radius 1 is 1.26 bits per heavy atom. The Kier molecular flexibility index (Phi) is 2.41. The van der Waals surface area contributed by atoms with Gasteiger partial charge in [0.15, 0.2) is 17.3 Å². The fraction of sp³-hybridized carbons (Fsp3) is 0.533. The fourth-order valence-electron chi connectivity index (χ4n) is 3.78. The van der Waals surface area contributed by atoms with E-state index in [0.717, 1.165) is 12.8 Å². The van der Waals surface area contributed by atoms with Gasteiger partial charge in [0.2, 0.25) is 0 Å². The summed E-state index contributed by atoms with van der Waals surface area (Å²) < 4.78 is 16.0. The Balaban J connectivity index is 1.69. The van der Waals surface area contributed by atoms with Crippen LogP contribution in [0, 0.1) is 17.7 Å². The second kappa shape index (κ2) is 4.19. The van der Waals surface area contributed by atoms with Crippen LogP contribution in [-0.4, -0.2) is 33.7 Å². The second-order valence-electron chi connectivity index (χ2n) is 6.84. The minimum atomic E-state index is -0.592. The van der Waals surface area contributed by atoms with Crippen molar-refractivity contribution in [3.8, 4) is 0 Å². The predicted octanol–water partition coefficient (Wildman–Crippen LogP) is -0.0479. The van der Waals surface area contributed by atoms with Gasteiger partial charge in [0.1, 0.15) is 0 Å². The maximum absolute atomic E-state index is 14.5. The summed E-state index contributed by atoms with van der Waals surface area (Å²) in [5.41, 5.74) is 5.14. The SMILES string of the molecule is NC1C2CN(c3nc4c(cc3F)c(=O)[nH]c(=O)n4C3CC3)CC12. The summed E-state index contributed by atoms with van der Waals surface area (Å²) in [4.78, 5) is 32.6. The van der Waals surface area contributed by atoms with E-state index < -0.39 is 17.1 Å².